The number of nitrogens with one attached hydrogen (secondary N) is 1. The van der Waals surface area contributed by atoms with Gasteiger partial charge in [0.05, 0.1) is 26.0 Å². The summed E-state index contributed by atoms with van der Waals surface area (Å²) in [6.07, 6.45) is -0.834. The van der Waals surface area contributed by atoms with E-state index in [-0.39, 0.29) is 23.5 Å². The molecule has 0 aliphatic rings. The minimum absolute atomic E-state index is 0.00672. The lowest BCUT2D eigenvalue weighted by Crippen LogP contribution is -2.46. The van der Waals surface area contributed by atoms with Crippen LogP contribution in [0.25, 0.3) is 0 Å². The fourth-order valence-electron chi connectivity index (χ4n) is 3.51. The molecule has 7 nitrogen and oxygen atoms in total. The van der Waals surface area contributed by atoms with Crippen LogP contribution in [0.5, 0.6) is 11.5 Å². The second kappa shape index (κ2) is 11.3. The van der Waals surface area contributed by atoms with E-state index >= 15 is 4.39 Å². The van der Waals surface area contributed by atoms with Crippen LogP contribution in [-0.4, -0.2) is 43.8 Å². The Balaban J connectivity index is 2.25. The average molecular weight is 467 g/mol. The van der Waals surface area contributed by atoms with Gasteiger partial charge in [-0.15, -0.1) is 0 Å². The van der Waals surface area contributed by atoms with Crippen molar-refractivity contribution in [1.82, 2.24) is 5.32 Å². The Morgan fingerprint density at radius 3 is 2.29 bits per heavy atom. The highest BCUT2D eigenvalue weighted by Crippen LogP contribution is 2.38. The van der Waals surface area contributed by atoms with Crippen molar-refractivity contribution >= 4 is 17.5 Å². The number of hydrogen-bond donors (Lipinski definition) is 2. The summed E-state index contributed by atoms with van der Waals surface area (Å²) in [5, 5.41) is 12.3. The number of ether oxygens (including phenoxy) is 2. The summed E-state index contributed by atoms with van der Waals surface area (Å²) >= 11 is 0. The van der Waals surface area contributed by atoms with E-state index in [1.807, 2.05) is 0 Å². The molecule has 0 aliphatic carbocycles. The number of anilines is 1. The maximum absolute atomic E-state index is 15.0. The molecule has 3 aromatic carbocycles. The zero-order chi connectivity index (χ0) is 24.7. The number of nitrogens with zero attached hydrogens (tertiary/aromatic N) is 1. The third-order valence-electron chi connectivity index (χ3n) is 5.16. The molecule has 1 unspecified atom stereocenters. The van der Waals surface area contributed by atoms with E-state index in [4.69, 9.17) is 9.47 Å². The van der Waals surface area contributed by atoms with Gasteiger partial charge in [0.1, 0.15) is 23.4 Å². The number of carbonyl (C=O) groups excluding carboxylic acids is 2. The maximum atomic E-state index is 15.0. The lowest BCUT2D eigenvalue weighted by Gasteiger charge is -2.33. The molecule has 34 heavy (non-hydrogen) atoms. The van der Waals surface area contributed by atoms with Gasteiger partial charge >= 0.3 is 0 Å². The molecule has 178 valence electrons. The number of carbonyl (C=O) groups is 2. The Morgan fingerprint density at radius 1 is 1.00 bits per heavy atom. The predicted molar refractivity (Wildman–Crippen MR) is 127 cm³/mol. The molecule has 0 aliphatic heterocycles. The van der Waals surface area contributed by atoms with Gasteiger partial charge in [0.2, 0.25) is 5.91 Å². The molecule has 0 aromatic heterocycles. The van der Waals surface area contributed by atoms with Crippen molar-refractivity contribution in [3.05, 3.63) is 89.7 Å². The highest BCUT2D eigenvalue weighted by Gasteiger charge is 2.36. The lowest BCUT2D eigenvalue weighted by molar-refractivity contribution is -0.123. The first-order valence-electron chi connectivity index (χ1n) is 10.7. The molecule has 2 atom stereocenters. The predicted octanol–water partition coefficient (Wildman–Crippen LogP) is 3.73. The van der Waals surface area contributed by atoms with Gasteiger partial charge in [-0.2, -0.15) is 0 Å². The third kappa shape index (κ3) is 5.52. The quantitative estimate of drug-likeness (QED) is 0.502. The van der Waals surface area contributed by atoms with E-state index < -0.39 is 29.8 Å². The lowest BCUT2D eigenvalue weighted by atomic mass is 10.0. The highest BCUT2D eigenvalue weighted by atomic mass is 19.1. The van der Waals surface area contributed by atoms with Crippen LogP contribution in [0.1, 0.15) is 28.9 Å². The van der Waals surface area contributed by atoms with Gasteiger partial charge in [-0.1, -0.05) is 36.4 Å². The number of aliphatic hydroxyl groups excluding tert-OH is 1. The molecule has 3 aromatic rings. The second-order valence-corrected chi connectivity index (χ2v) is 7.60. The standard InChI is InChI=1S/C26H27FN2O5/c1-17(30)16-28-25(31)24(20-11-7-8-12-21(20)27)29(26(32)18-9-5-4-6-10-18)22-14-13-19(33-2)15-23(22)34-3/h4-15,17,24,30H,16H2,1-3H3,(H,28,31)/t17-,24?/m0/s1. The summed E-state index contributed by atoms with van der Waals surface area (Å²) < 4.78 is 25.8. The normalized spacial score (nSPS) is 12.4. The van der Waals surface area contributed by atoms with Crippen molar-refractivity contribution in [2.24, 2.45) is 0 Å². The first kappa shape index (κ1) is 24.7. The number of amides is 2. The van der Waals surface area contributed by atoms with E-state index in [0.717, 1.165) is 0 Å². The van der Waals surface area contributed by atoms with Gasteiger partial charge in [-0.25, -0.2) is 4.39 Å². The van der Waals surface area contributed by atoms with E-state index in [1.165, 1.54) is 44.2 Å². The highest BCUT2D eigenvalue weighted by molar-refractivity contribution is 6.10. The van der Waals surface area contributed by atoms with Crippen LogP contribution >= 0.6 is 0 Å². The minimum atomic E-state index is -1.39. The Hall–Kier alpha value is -3.91. The van der Waals surface area contributed by atoms with E-state index in [9.17, 15) is 14.7 Å². The maximum Gasteiger partial charge on any atom is 0.259 e. The molecule has 0 saturated carbocycles. The molecule has 0 radical (unpaired) electrons. The summed E-state index contributed by atoms with van der Waals surface area (Å²) in [6.45, 7) is 1.44. The van der Waals surface area contributed by atoms with Crippen LogP contribution in [0.2, 0.25) is 0 Å². The molecule has 0 saturated heterocycles. The summed E-state index contributed by atoms with van der Waals surface area (Å²) in [6, 6.07) is 17.5. The summed E-state index contributed by atoms with van der Waals surface area (Å²) in [5.41, 5.74) is 0.537. The zero-order valence-corrected chi connectivity index (χ0v) is 19.2. The van der Waals surface area contributed by atoms with Gasteiger partial charge in [0, 0.05) is 23.7 Å². The second-order valence-electron chi connectivity index (χ2n) is 7.60. The fourth-order valence-corrected chi connectivity index (χ4v) is 3.51. The Kier molecular flexibility index (Phi) is 8.21. The van der Waals surface area contributed by atoms with Crippen molar-refractivity contribution < 1.29 is 28.6 Å². The smallest absolute Gasteiger partial charge is 0.259 e. The first-order chi connectivity index (χ1) is 16.4. The van der Waals surface area contributed by atoms with Crippen LogP contribution in [0.4, 0.5) is 10.1 Å². The largest absolute Gasteiger partial charge is 0.497 e. The van der Waals surface area contributed by atoms with Gasteiger partial charge in [0.15, 0.2) is 0 Å². The molecule has 0 spiro atoms. The zero-order valence-electron chi connectivity index (χ0n) is 19.2. The SMILES string of the molecule is COc1ccc(N(C(=O)c2ccccc2)C(C(=O)NC[C@H](C)O)c2ccccc2F)c(OC)c1. The molecule has 8 heteroatoms. The summed E-state index contributed by atoms with van der Waals surface area (Å²) in [7, 11) is 2.92. The Morgan fingerprint density at radius 2 is 1.68 bits per heavy atom. The van der Waals surface area contributed by atoms with Gasteiger partial charge in [-0.3, -0.25) is 14.5 Å². The number of hydrogen-bond acceptors (Lipinski definition) is 5. The topological polar surface area (TPSA) is 88.1 Å². The molecule has 2 N–H and O–H groups in total. The summed E-state index contributed by atoms with van der Waals surface area (Å²) in [5.74, 6) is -1.11. The van der Waals surface area contributed by atoms with Crippen molar-refractivity contribution in [3.63, 3.8) is 0 Å². The first-order valence-corrected chi connectivity index (χ1v) is 10.7. The molecule has 0 bridgehead atoms. The Bertz CT molecular complexity index is 1140. The van der Waals surface area contributed by atoms with Crippen LogP contribution in [0.15, 0.2) is 72.8 Å². The van der Waals surface area contributed by atoms with Crippen molar-refractivity contribution in [2.75, 3.05) is 25.7 Å². The number of methoxy groups -OCH3 is 2. The number of aliphatic hydroxyl groups is 1. The van der Waals surface area contributed by atoms with Crippen molar-refractivity contribution in [2.45, 2.75) is 19.1 Å². The third-order valence-corrected chi connectivity index (χ3v) is 5.16. The van der Waals surface area contributed by atoms with E-state index in [0.29, 0.717) is 11.3 Å². The van der Waals surface area contributed by atoms with Crippen LogP contribution in [0, 0.1) is 5.82 Å². The van der Waals surface area contributed by atoms with Crippen molar-refractivity contribution in [3.8, 4) is 11.5 Å². The van der Waals surface area contributed by atoms with Crippen molar-refractivity contribution in [1.29, 1.82) is 0 Å². The molecular formula is C26H27FN2O5. The van der Waals surface area contributed by atoms with Crippen LogP contribution < -0.4 is 19.7 Å². The van der Waals surface area contributed by atoms with Crippen LogP contribution in [0.3, 0.4) is 0 Å². The molecule has 3 rings (SSSR count). The number of benzene rings is 3. The molecule has 0 heterocycles. The van der Waals surface area contributed by atoms with E-state index in [1.54, 1.807) is 54.6 Å². The van der Waals surface area contributed by atoms with Gasteiger partial charge < -0.3 is 19.9 Å². The molecular weight excluding hydrogens is 439 g/mol. The average Bonchev–Trinajstić information content (AvgIpc) is 2.86. The van der Waals surface area contributed by atoms with Gasteiger partial charge in [-0.05, 0) is 37.3 Å². The number of halogens is 1. The van der Waals surface area contributed by atoms with Gasteiger partial charge in [0.25, 0.3) is 5.91 Å². The Labute approximate surface area is 197 Å². The van der Waals surface area contributed by atoms with Crippen LogP contribution in [-0.2, 0) is 4.79 Å². The summed E-state index contributed by atoms with van der Waals surface area (Å²) in [4.78, 5) is 28.4. The monoisotopic (exact) mass is 466 g/mol. The minimum Gasteiger partial charge on any atom is -0.497 e. The molecule has 0 fully saturated rings. The fraction of sp³-hybridized carbons (Fsp3) is 0.231. The number of rotatable bonds is 9. The molecule has 2 amide bonds. The van der Waals surface area contributed by atoms with E-state index in [2.05, 4.69) is 5.32 Å².